The maximum Gasteiger partial charge on any atom is 0.257 e. The summed E-state index contributed by atoms with van der Waals surface area (Å²) in [6.07, 6.45) is 2.28. The van der Waals surface area contributed by atoms with E-state index in [4.69, 9.17) is 4.74 Å². The number of hydrogen-bond donors (Lipinski definition) is 2. The van der Waals surface area contributed by atoms with Crippen molar-refractivity contribution in [1.29, 1.82) is 0 Å². The van der Waals surface area contributed by atoms with Crippen molar-refractivity contribution < 1.29 is 19.0 Å². The molecule has 0 saturated heterocycles. The molecule has 1 aromatic rings. The van der Waals surface area contributed by atoms with Gasteiger partial charge in [-0.15, -0.1) is 0 Å². The molecule has 2 rings (SSSR count). The maximum atomic E-state index is 12.7. The quantitative estimate of drug-likeness (QED) is 0.849. The second-order valence-corrected chi connectivity index (χ2v) is 4.88. The van der Waals surface area contributed by atoms with Gasteiger partial charge in [-0.25, -0.2) is 4.39 Å². The summed E-state index contributed by atoms with van der Waals surface area (Å²) in [6.45, 7) is 0.490. The lowest BCUT2D eigenvalue weighted by Gasteiger charge is -2.11. The van der Waals surface area contributed by atoms with Crippen molar-refractivity contribution in [3.8, 4) is 5.75 Å². The molecule has 19 heavy (non-hydrogen) atoms. The van der Waals surface area contributed by atoms with Crippen LogP contribution in [0.25, 0.3) is 0 Å². The zero-order chi connectivity index (χ0) is 13.7. The molecule has 0 heterocycles. The van der Waals surface area contributed by atoms with Crippen molar-refractivity contribution in [2.24, 2.45) is 5.92 Å². The smallest absolute Gasteiger partial charge is 0.257 e. The highest BCUT2D eigenvalue weighted by Crippen LogP contribution is 2.24. The first kappa shape index (κ1) is 13.8. The third-order valence-electron chi connectivity index (χ3n) is 3.29. The standard InChI is InChI=1S/C14H18FNO3/c15-11-2-5-13(6-3-11)19-9-14(18)16-8-10-1-4-12(17)7-10/h2-3,5-6,10,12,17H,1,4,7-9H2,(H,16,18). The van der Waals surface area contributed by atoms with Gasteiger partial charge in [0.25, 0.3) is 5.91 Å². The van der Waals surface area contributed by atoms with Gasteiger partial charge >= 0.3 is 0 Å². The van der Waals surface area contributed by atoms with Crippen molar-refractivity contribution in [2.75, 3.05) is 13.2 Å². The number of carbonyl (C=O) groups excluding carboxylic acids is 1. The summed E-state index contributed by atoms with van der Waals surface area (Å²) in [5.41, 5.74) is 0. The van der Waals surface area contributed by atoms with E-state index in [1.54, 1.807) is 0 Å². The topological polar surface area (TPSA) is 58.6 Å². The van der Waals surface area contributed by atoms with E-state index in [0.29, 0.717) is 18.2 Å². The molecule has 1 saturated carbocycles. The summed E-state index contributed by atoms with van der Waals surface area (Å²) in [5.74, 6) is 0.278. The van der Waals surface area contributed by atoms with E-state index in [9.17, 15) is 14.3 Å². The monoisotopic (exact) mass is 267 g/mol. The first-order valence-electron chi connectivity index (χ1n) is 6.46. The first-order chi connectivity index (χ1) is 9.13. The van der Waals surface area contributed by atoms with E-state index in [0.717, 1.165) is 19.3 Å². The van der Waals surface area contributed by atoms with E-state index in [1.807, 2.05) is 0 Å². The molecule has 1 aliphatic carbocycles. The van der Waals surface area contributed by atoms with Gasteiger partial charge in [0.2, 0.25) is 0 Å². The predicted molar refractivity (Wildman–Crippen MR) is 68.3 cm³/mol. The van der Waals surface area contributed by atoms with Crippen LogP contribution in [0, 0.1) is 11.7 Å². The predicted octanol–water partition coefficient (Wildman–Crippen LogP) is 1.48. The van der Waals surface area contributed by atoms with Gasteiger partial charge in [0.1, 0.15) is 11.6 Å². The molecule has 1 fully saturated rings. The Morgan fingerprint density at radius 3 is 2.74 bits per heavy atom. The third kappa shape index (κ3) is 4.52. The number of amides is 1. The van der Waals surface area contributed by atoms with Crippen LogP contribution in [0.1, 0.15) is 19.3 Å². The number of halogens is 1. The molecule has 0 bridgehead atoms. The minimum atomic E-state index is -0.336. The summed E-state index contributed by atoms with van der Waals surface area (Å²) >= 11 is 0. The molecule has 4 nitrogen and oxygen atoms in total. The van der Waals surface area contributed by atoms with Gasteiger partial charge in [-0.2, -0.15) is 0 Å². The molecule has 2 unspecified atom stereocenters. The number of aliphatic hydroxyl groups excluding tert-OH is 1. The molecule has 104 valence electrons. The Bertz CT molecular complexity index is 421. The van der Waals surface area contributed by atoms with Gasteiger partial charge < -0.3 is 15.2 Å². The molecule has 0 aliphatic heterocycles. The van der Waals surface area contributed by atoms with Gasteiger partial charge in [0, 0.05) is 6.54 Å². The Morgan fingerprint density at radius 1 is 1.37 bits per heavy atom. The zero-order valence-electron chi connectivity index (χ0n) is 10.6. The second kappa shape index (κ2) is 6.52. The molecule has 1 aromatic carbocycles. The molecule has 5 heteroatoms. The van der Waals surface area contributed by atoms with E-state index >= 15 is 0 Å². The molecular formula is C14H18FNO3. The van der Waals surface area contributed by atoms with Crippen LogP contribution in [0.4, 0.5) is 4.39 Å². The molecule has 2 N–H and O–H groups in total. The summed E-state index contributed by atoms with van der Waals surface area (Å²) < 4.78 is 17.9. The van der Waals surface area contributed by atoms with Crippen molar-refractivity contribution in [3.05, 3.63) is 30.1 Å². The highest BCUT2D eigenvalue weighted by Gasteiger charge is 2.22. The van der Waals surface area contributed by atoms with Gasteiger partial charge in [0.05, 0.1) is 6.10 Å². The minimum Gasteiger partial charge on any atom is -0.484 e. The van der Waals surface area contributed by atoms with Crippen LogP contribution < -0.4 is 10.1 Å². The second-order valence-electron chi connectivity index (χ2n) is 4.88. The van der Waals surface area contributed by atoms with Crippen LogP contribution in [-0.4, -0.2) is 30.3 Å². The van der Waals surface area contributed by atoms with E-state index in [-0.39, 0.29) is 24.4 Å². The lowest BCUT2D eigenvalue weighted by molar-refractivity contribution is -0.123. The number of carbonyl (C=O) groups is 1. The molecular weight excluding hydrogens is 249 g/mol. The Hall–Kier alpha value is -1.62. The van der Waals surface area contributed by atoms with E-state index < -0.39 is 0 Å². The molecule has 0 radical (unpaired) electrons. The maximum absolute atomic E-state index is 12.7. The van der Waals surface area contributed by atoms with E-state index in [2.05, 4.69) is 5.32 Å². The fourth-order valence-electron chi connectivity index (χ4n) is 2.22. The fraction of sp³-hybridized carbons (Fsp3) is 0.500. The average Bonchev–Trinajstić information content (AvgIpc) is 2.81. The number of nitrogens with one attached hydrogen (secondary N) is 1. The normalized spacial score (nSPS) is 22.2. The van der Waals surface area contributed by atoms with Crippen LogP contribution >= 0.6 is 0 Å². The van der Waals surface area contributed by atoms with Crippen LogP contribution in [0.2, 0.25) is 0 Å². The number of hydrogen-bond acceptors (Lipinski definition) is 3. The third-order valence-corrected chi connectivity index (χ3v) is 3.29. The summed E-state index contributed by atoms with van der Waals surface area (Å²) in [4.78, 5) is 11.5. The largest absolute Gasteiger partial charge is 0.484 e. The Labute approximate surface area is 111 Å². The number of rotatable bonds is 5. The molecule has 1 aliphatic rings. The van der Waals surface area contributed by atoms with Crippen molar-refractivity contribution >= 4 is 5.91 Å². The molecule has 1 amide bonds. The van der Waals surface area contributed by atoms with Crippen molar-refractivity contribution in [1.82, 2.24) is 5.32 Å². The lowest BCUT2D eigenvalue weighted by atomic mass is 10.1. The van der Waals surface area contributed by atoms with Gasteiger partial charge in [-0.05, 0) is 49.4 Å². The van der Waals surface area contributed by atoms with Crippen molar-refractivity contribution in [3.63, 3.8) is 0 Å². The minimum absolute atomic E-state index is 0.0824. The van der Waals surface area contributed by atoms with Gasteiger partial charge in [-0.1, -0.05) is 0 Å². The van der Waals surface area contributed by atoms with Crippen molar-refractivity contribution in [2.45, 2.75) is 25.4 Å². The average molecular weight is 267 g/mol. The number of benzene rings is 1. The summed E-state index contributed by atoms with van der Waals surface area (Å²) in [5, 5.41) is 12.1. The molecule has 0 aromatic heterocycles. The Kier molecular flexibility index (Phi) is 4.74. The van der Waals surface area contributed by atoms with Gasteiger partial charge in [-0.3, -0.25) is 4.79 Å². The van der Waals surface area contributed by atoms with Crippen LogP contribution in [0.3, 0.4) is 0 Å². The number of ether oxygens (including phenoxy) is 1. The van der Waals surface area contributed by atoms with E-state index in [1.165, 1.54) is 24.3 Å². The SMILES string of the molecule is O=C(COc1ccc(F)cc1)NCC1CCC(O)C1. The summed E-state index contributed by atoms with van der Waals surface area (Å²) in [7, 11) is 0. The first-order valence-corrected chi connectivity index (χ1v) is 6.46. The Balaban J connectivity index is 1.65. The van der Waals surface area contributed by atoms with Gasteiger partial charge in [0.15, 0.2) is 6.61 Å². The Morgan fingerprint density at radius 2 is 2.11 bits per heavy atom. The highest BCUT2D eigenvalue weighted by atomic mass is 19.1. The summed E-state index contributed by atoms with van der Waals surface area (Å²) in [6, 6.07) is 5.53. The highest BCUT2D eigenvalue weighted by molar-refractivity contribution is 5.77. The van der Waals surface area contributed by atoms with Crippen LogP contribution in [0.15, 0.2) is 24.3 Å². The van der Waals surface area contributed by atoms with Crippen LogP contribution in [0.5, 0.6) is 5.75 Å². The fourth-order valence-corrected chi connectivity index (χ4v) is 2.22. The van der Waals surface area contributed by atoms with Crippen LogP contribution in [-0.2, 0) is 4.79 Å². The number of aliphatic hydroxyl groups is 1. The lowest BCUT2D eigenvalue weighted by Crippen LogP contribution is -2.32. The zero-order valence-corrected chi connectivity index (χ0v) is 10.6. The molecule has 0 spiro atoms. The molecule has 2 atom stereocenters.